The molecule has 0 aliphatic heterocycles. The summed E-state index contributed by atoms with van der Waals surface area (Å²) < 4.78 is 5.81. The maximum absolute atomic E-state index is 9.73. The molecule has 0 bridgehead atoms. The summed E-state index contributed by atoms with van der Waals surface area (Å²) in [4.78, 5) is 0. The van der Waals surface area contributed by atoms with Crippen molar-refractivity contribution in [2.45, 2.75) is 13.3 Å². The smallest absolute Gasteiger partial charge is 0.169 e. The lowest BCUT2D eigenvalue weighted by atomic mass is 10.1. The van der Waals surface area contributed by atoms with Crippen molar-refractivity contribution in [2.75, 3.05) is 0 Å². The van der Waals surface area contributed by atoms with E-state index in [1.165, 1.54) is 11.1 Å². The molecule has 3 rings (SSSR count). The fourth-order valence-corrected chi connectivity index (χ4v) is 2.26. The highest BCUT2D eigenvalue weighted by atomic mass is 16.5. The normalized spacial score (nSPS) is 13.1. The lowest BCUT2D eigenvalue weighted by molar-refractivity contribution is 0.411. The number of phenolic OH excluding ortho intramolecular Hbond substituents is 1. The monoisotopic (exact) mass is 238 g/mol. The van der Waals surface area contributed by atoms with E-state index in [2.05, 4.69) is 19.1 Å². The van der Waals surface area contributed by atoms with Gasteiger partial charge in [-0.2, -0.15) is 0 Å². The standard InChI is InChI=1S/C16H14O2/c1-11-9-12-5-4-8-15(13(12)10-11)18-16-7-3-2-6-14(16)17/h2-8,10,17H,9H2,1H3. The molecule has 0 atom stereocenters. The first-order valence-corrected chi connectivity index (χ1v) is 5.99. The van der Waals surface area contributed by atoms with E-state index in [4.69, 9.17) is 4.74 Å². The van der Waals surface area contributed by atoms with Gasteiger partial charge in [0, 0.05) is 5.56 Å². The molecular weight excluding hydrogens is 224 g/mol. The minimum atomic E-state index is 0.161. The lowest BCUT2D eigenvalue weighted by Crippen LogP contribution is -1.90. The van der Waals surface area contributed by atoms with Gasteiger partial charge in [0.15, 0.2) is 11.5 Å². The predicted octanol–water partition coefficient (Wildman–Crippen LogP) is 4.14. The zero-order chi connectivity index (χ0) is 12.5. The second kappa shape index (κ2) is 4.22. The summed E-state index contributed by atoms with van der Waals surface area (Å²) in [6, 6.07) is 13.0. The molecule has 1 N–H and O–H groups in total. The van der Waals surface area contributed by atoms with Crippen molar-refractivity contribution in [3.05, 3.63) is 59.2 Å². The number of hydrogen-bond acceptors (Lipinski definition) is 2. The van der Waals surface area contributed by atoms with Gasteiger partial charge in [-0.25, -0.2) is 0 Å². The maximum atomic E-state index is 9.73. The average molecular weight is 238 g/mol. The molecule has 0 radical (unpaired) electrons. The highest BCUT2D eigenvalue weighted by Gasteiger charge is 2.15. The van der Waals surface area contributed by atoms with Gasteiger partial charge >= 0.3 is 0 Å². The van der Waals surface area contributed by atoms with Gasteiger partial charge in [-0.3, -0.25) is 0 Å². The van der Waals surface area contributed by atoms with Crippen LogP contribution in [0.5, 0.6) is 17.2 Å². The topological polar surface area (TPSA) is 29.5 Å². The Morgan fingerprint density at radius 2 is 1.78 bits per heavy atom. The average Bonchev–Trinajstić information content (AvgIpc) is 2.73. The predicted molar refractivity (Wildman–Crippen MR) is 72.0 cm³/mol. The Morgan fingerprint density at radius 1 is 1.00 bits per heavy atom. The zero-order valence-electron chi connectivity index (χ0n) is 10.2. The van der Waals surface area contributed by atoms with E-state index in [-0.39, 0.29) is 5.75 Å². The summed E-state index contributed by atoms with van der Waals surface area (Å²) in [6.07, 6.45) is 3.12. The van der Waals surface area contributed by atoms with E-state index in [1.807, 2.05) is 18.2 Å². The van der Waals surface area contributed by atoms with Gasteiger partial charge in [0.1, 0.15) is 5.75 Å². The highest BCUT2D eigenvalue weighted by Crippen LogP contribution is 2.37. The third-order valence-electron chi connectivity index (χ3n) is 3.10. The first-order chi connectivity index (χ1) is 8.74. The minimum absolute atomic E-state index is 0.161. The Bertz CT molecular complexity index is 627. The van der Waals surface area contributed by atoms with Crippen LogP contribution in [-0.2, 0) is 6.42 Å². The molecule has 2 aromatic carbocycles. The molecule has 0 fully saturated rings. The van der Waals surface area contributed by atoms with Crippen molar-refractivity contribution in [1.29, 1.82) is 0 Å². The van der Waals surface area contributed by atoms with E-state index in [1.54, 1.807) is 18.2 Å². The number of para-hydroxylation sites is 2. The Morgan fingerprint density at radius 3 is 2.61 bits per heavy atom. The molecule has 2 nitrogen and oxygen atoms in total. The SMILES string of the molecule is CC1=Cc2c(cccc2Oc2ccccc2O)C1. The van der Waals surface area contributed by atoms with E-state index in [0.29, 0.717) is 5.75 Å². The number of ether oxygens (including phenoxy) is 1. The molecule has 18 heavy (non-hydrogen) atoms. The Balaban J connectivity index is 2.00. The third kappa shape index (κ3) is 1.86. The van der Waals surface area contributed by atoms with Crippen LogP contribution in [0.15, 0.2) is 48.0 Å². The van der Waals surface area contributed by atoms with Gasteiger partial charge in [0.2, 0.25) is 0 Å². The lowest BCUT2D eigenvalue weighted by Gasteiger charge is -2.10. The largest absolute Gasteiger partial charge is 0.504 e. The molecule has 0 saturated heterocycles. The van der Waals surface area contributed by atoms with Crippen LogP contribution in [0, 0.1) is 0 Å². The summed E-state index contributed by atoms with van der Waals surface area (Å²) in [5, 5.41) is 9.73. The number of benzene rings is 2. The summed E-state index contributed by atoms with van der Waals surface area (Å²) in [5.41, 5.74) is 3.73. The van der Waals surface area contributed by atoms with Crippen molar-refractivity contribution in [3.63, 3.8) is 0 Å². The van der Waals surface area contributed by atoms with Gasteiger partial charge in [0.25, 0.3) is 0 Å². The second-order valence-electron chi connectivity index (χ2n) is 4.57. The quantitative estimate of drug-likeness (QED) is 0.851. The first-order valence-electron chi connectivity index (χ1n) is 5.99. The highest BCUT2D eigenvalue weighted by molar-refractivity contribution is 5.69. The van der Waals surface area contributed by atoms with Crippen LogP contribution in [0.25, 0.3) is 6.08 Å². The molecule has 2 aromatic rings. The summed E-state index contributed by atoms with van der Waals surface area (Å²) >= 11 is 0. The molecule has 0 amide bonds. The third-order valence-corrected chi connectivity index (χ3v) is 3.10. The molecule has 0 aromatic heterocycles. The van der Waals surface area contributed by atoms with Crippen LogP contribution in [0.4, 0.5) is 0 Å². The number of aromatic hydroxyl groups is 1. The summed E-state index contributed by atoms with van der Waals surface area (Å²) in [5.74, 6) is 1.45. The van der Waals surface area contributed by atoms with Gasteiger partial charge in [-0.15, -0.1) is 0 Å². The molecule has 0 heterocycles. The number of rotatable bonds is 2. The Labute approximate surface area is 106 Å². The fourth-order valence-electron chi connectivity index (χ4n) is 2.26. The van der Waals surface area contributed by atoms with E-state index >= 15 is 0 Å². The van der Waals surface area contributed by atoms with Gasteiger partial charge in [-0.05, 0) is 37.1 Å². The Kier molecular flexibility index (Phi) is 2.56. The summed E-state index contributed by atoms with van der Waals surface area (Å²) in [6.45, 7) is 2.11. The van der Waals surface area contributed by atoms with Crippen LogP contribution in [0.1, 0.15) is 18.1 Å². The van der Waals surface area contributed by atoms with Crippen LogP contribution in [0.2, 0.25) is 0 Å². The van der Waals surface area contributed by atoms with Crippen LogP contribution in [0.3, 0.4) is 0 Å². The number of hydrogen-bond donors (Lipinski definition) is 1. The van der Waals surface area contributed by atoms with E-state index in [0.717, 1.165) is 17.7 Å². The van der Waals surface area contributed by atoms with Crippen molar-refractivity contribution < 1.29 is 9.84 Å². The fraction of sp³-hybridized carbons (Fsp3) is 0.125. The second-order valence-corrected chi connectivity index (χ2v) is 4.57. The number of allylic oxidation sites excluding steroid dienone is 1. The molecule has 2 heteroatoms. The minimum Gasteiger partial charge on any atom is -0.504 e. The molecular formula is C16H14O2. The molecule has 0 unspecified atom stereocenters. The van der Waals surface area contributed by atoms with Crippen molar-refractivity contribution in [3.8, 4) is 17.2 Å². The van der Waals surface area contributed by atoms with Crippen LogP contribution < -0.4 is 4.74 Å². The Hall–Kier alpha value is -2.22. The van der Waals surface area contributed by atoms with Gasteiger partial charge in [-0.1, -0.05) is 35.9 Å². The number of phenols is 1. The molecule has 90 valence electrons. The number of fused-ring (bicyclic) bond motifs is 1. The van der Waals surface area contributed by atoms with Crippen molar-refractivity contribution >= 4 is 6.08 Å². The van der Waals surface area contributed by atoms with Crippen LogP contribution in [-0.4, -0.2) is 5.11 Å². The molecule has 0 spiro atoms. The van der Waals surface area contributed by atoms with Crippen LogP contribution >= 0.6 is 0 Å². The molecule has 1 aliphatic rings. The van der Waals surface area contributed by atoms with E-state index in [9.17, 15) is 5.11 Å². The van der Waals surface area contributed by atoms with Gasteiger partial charge in [0.05, 0.1) is 0 Å². The maximum Gasteiger partial charge on any atom is 0.169 e. The molecule has 0 saturated carbocycles. The van der Waals surface area contributed by atoms with Crippen molar-refractivity contribution in [1.82, 2.24) is 0 Å². The van der Waals surface area contributed by atoms with E-state index < -0.39 is 0 Å². The molecule has 1 aliphatic carbocycles. The van der Waals surface area contributed by atoms with Crippen molar-refractivity contribution in [2.24, 2.45) is 0 Å². The first kappa shape index (κ1) is 10.9. The van der Waals surface area contributed by atoms with Gasteiger partial charge < -0.3 is 9.84 Å². The summed E-state index contributed by atoms with van der Waals surface area (Å²) in [7, 11) is 0. The zero-order valence-corrected chi connectivity index (χ0v) is 10.2.